The fourth-order valence-electron chi connectivity index (χ4n) is 2.43. The van der Waals surface area contributed by atoms with Crippen molar-refractivity contribution in [2.45, 2.75) is 92.0 Å². The van der Waals surface area contributed by atoms with Crippen LogP contribution < -0.4 is 0 Å². The Morgan fingerprint density at radius 3 is 1.72 bits per heavy atom. The molecule has 2 nitrogen and oxygen atoms in total. The number of hydrogen-bond donors (Lipinski definition) is 0. The van der Waals surface area contributed by atoms with Crippen LogP contribution in [0.2, 0.25) is 0 Å². The predicted octanol–water partition coefficient (Wildman–Crippen LogP) is 4.81. The van der Waals surface area contributed by atoms with Crippen LogP contribution in [0.3, 0.4) is 0 Å². The van der Waals surface area contributed by atoms with Gasteiger partial charge < -0.3 is 9.47 Å². The molecule has 0 heterocycles. The van der Waals surface area contributed by atoms with Crippen molar-refractivity contribution in [1.29, 1.82) is 0 Å². The van der Waals surface area contributed by atoms with Gasteiger partial charge in [-0.05, 0) is 67.2 Å². The van der Waals surface area contributed by atoms with Gasteiger partial charge in [0.15, 0.2) is 0 Å². The fourth-order valence-corrected chi connectivity index (χ4v) is 2.43. The van der Waals surface area contributed by atoms with Crippen molar-refractivity contribution in [3.8, 4) is 0 Å². The molecule has 0 bridgehead atoms. The summed E-state index contributed by atoms with van der Waals surface area (Å²) in [6.07, 6.45) is 2.00. The van der Waals surface area contributed by atoms with Crippen molar-refractivity contribution in [2.24, 2.45) is 5.92 Å². The molecule has 0 aliphatic rings. The summed E-state index contributed by atoms with van der Waals surface area (Å²) in [4.78, 5) is 0. The van der Waals surface area contributed by atoms with Crippen LogP contribution in [0.25, 0.3) is 0 Å². The third kappa shape index (κ3) is 9.90. The van der Waals surface area contributed by atoms with E-state index in [-0.39, 0.29) is 16.8 Å². The normalized spacial score (nSPS) is 14.3. The summed E-state index contributed by atoms with van der Waals surface area (Å²) in [6.45, 7) is 20.1. The van der Waals surface area contributed by atoms with E-state index in [0.29, 0.717) is 5.92 Å². The lowest BCUT2D eigenvalue weighted by molar-refractivity contribution is -0.144. The smallest absolute Gasteiger partial charge is 0.0655 e. The molecule has 0 saturated heterocycles. The molecule has 0 atom stereocenters. The Morgan fingerprint density at radius 2 is 1.33 bits per heavy atom. The summed E-state index contributed by atoms with van der Waals surface area (Å²) in [5, 5.41) is 0. The van der Waals surface area contributed by atoms with Gasteiger partial charge in [-0.25, -0.2) is 0 Å². The van der Waals surface area contributed by atoms with E-state index in [1.807, 2.05) is 0 Å². The van der Waals surface area contributed by atoms with Crippen molar-refractivity contribution in [3.05, 3.63) is 0 Å². The first-order valence-electron chi connectivity index (χ1n) is 7.17. The van der Waals surface area contributed by atoms with Gasteiger partial charge in [-0.15, -0.1) is 0 Å². The van der Waals surface area contributed by atoms with Gasteiger partial charge in [0.25, 0.3) is 0 Å². The second kappa shape index (κ2) is 6.38. The van der Waals surface area contributed by atoms with Crippen LogP contribution in [0, 0.1) is 5.92 Å². The average molecular weight is 258 g/mol. The van der Waals surface area contributed by atoms with Crippen molar-refractivity contribution in [3.63, 3.8) is 0 Å². The first-order chi connectivity index (χ1) is 7.83. The zero-order chi connectivity index (χ0) is 14.6. The van der Waals surface area contributed by atoms with Crippen LogP contribution >= 0.6 is 0 Å². The molecule has 0 radical (unpaired) electrons. The minimum atomic E-state index is -0.135. The van der Waals surface area contributed by atoms with E-state index < -0.39 is 0 Å². The summed E-state index contributed by atoms with van der Waals surface area (Å²) in [5.41, 5.74) is -0.271. The first-order valence-corrected chi connectivity index (χ1v) is 7.17. The third-order valence-corrected chi connectivity index (χ3v) is 2.69. The van der Waals surface area contributed by atoms with Crippen molar-refractivity contribution >= 4 is 0 Å². The molecule has 110 valence electrons. The van der Waals surface area contributed by atoms with Gasteiger partial charge in [0.05, 0.1) is 16.8 Å². The Kier molecular flexibility index (Phi) is 6.35. The lowest BCUT2D eigenvalue weighted by Crippen LogP contribution is -2.39. The molecule has 0 unspecified atom stereocenters. The van der Waals surface area contributed by atoms with Gasteiger partial charge in [-0.1, -0.05) is 13.8 Å². The predicted molar refractivity (Wildman–Crippen MR) is 79.0 cm³/mol. The second-order valence-corrected chi connectivity index (χ2v) is 7.93. The molecule has 0 spiro atoms. The van der Waals surface area contributed by atoms with Crippen molar-refractivity contribution in [1.82, 2.24) is 0 Å². The fraction of sp³-hybridized carbons (Fsp3) is 1.00. The van der Waals surface area contributed by atoms with E-state index in [4.69, 9.17) is 9.47 Å². The van der Waals surface area contributed by atoms with Gasteiger partial charge in [0, 0.05) is 6.61 Å². The van der Waals surface area contributed by atoms with Crippen LogP contribution in [0.4, 0.5) is 0 Å². The largest absolute Gasteiger partial charge is 0.376 e. The minimum Gasteiger partial charge on any atom is -0.376 e. The van der Waals surface area contributed by atoms with E-state index >= 15 is 0 Å². The highest BCUT2D eigenvalue weighted by Crippen LogP contribution is 2.28. The zero-order valence-electron chi connectivity index (χ0n) is 14.0. The quantitative estimate of drug-likeness (QED) is 0.652. The number of hydrogen-bond acceptors (Lipinski definition) is 2. The molecule has 0 amide bonds. The average Bonchev–Trinajstić information content (AvgIpc) is 1.93. The first kappa shape index (κ1) is 17.9. The lowest BCUT2D eigenvalue weighted by Gasteiger charge is -2.37. The van der Waals surface area contributed by atoms with Crippen LogP contribution in [0.1, 0.15) is 75.2 Å². The maximum atomic E-state index is 6.27. The number of ether oxygens (including phenoxy) is 2. The maximum Gasteiger partial charge on any atom is 0.0655 e. The molecular weight excluding hydrogens is 224 g/mol. The van der Waals surface area contributed by atoms with E-state index in [0.717, 1.165) is 19.4 Å². The Balaban J connectivity index is 4.21. The van der Waals surface area contributed by atoms with Gasteiger partial charge >= 0.3 is 0 Å². The molecule has 18 heavy (non-hydrogen) atoms. The Morgan fingerprint density at radius 1 is 0.833 bits per heavy atom. The van der Waals surface area contributed by atoms with Gasteiger partial charge in [-0.3, -0.25) is 0 Å². The molecule has 0 aliphatic heterocycles. The van der Waals surface area contributed by atoms with E-state index in [1.165, 1.54) is 0 Å². The monoisotopic (exact) mass is 258 g/mol. The number of rotatable bonds is 7. The Bertz CT molecular complexity index is 234. The summed E-state index contributed by atoms with van der Waals surface area (Å²) in [7, 11) is 0. The molecule has 0 aliphatic carbocycles. The van der Waals surface area contributed by atoms with Gasteiger partial charge in [0.2, 0.25) is 0 Å². The van der Waals surface area contributed by atoms with Crippen LogP contribution in [0.5, 0.6) is 0 Å². The summed E-state index contributed by atoms with van der Waals surface area (Å²) in [6, 6.07) is 0. The van der Waals surface area contributed by atoms with E-state index in [1.54, 1.807) is 0 Å². The van der Waals surface area contributed by atoms with Crippen LogP contribution in [-0.2, 0) is 9.47 Å². The van der Waals surface area contributed by atoms with Crippen molar-refractivity contribution < 1.29 is 9.47 Å². The second-order valence-electron chi connectivity index (χ2n) is 7.93. The molecule has 0 aromatic carbocycles. The zero-order valence-corrected chi connectivity index (χ0v) is 14.0. The van der Waals surface area contributed by atoms with Crippen LogP contribution in [-0.4, -0.2) is 23.4 Å². The minimum absolute atomic E-state index is 0.0659. The van der Waals surface area contributed by atoms with Crippen molar-refractivity contribution in [2.75, 3.05) is 6.61 Å². The summed E-state index contributed by atoms with van der Waals surface area (Å²) in [5.74, 6) is 0.654. The summed E-state index contributed by atoms with van der Waals surface area (Å²) >= 11 is 0. The third-order valence-electron chi connectivity index (χ3n) is 2.69. The molecule has 2 heteroatoms. The maximum absolute atomic E-state index is 6.27. The highest BCUT2D eigenvalue weighted by atomic mass is 16.5. The highest BCUT2D eigenvalue weighted by molar-refractivity contribution is 4.78. The molecule has 0 aromatic rings. The lowest BCUT2D eigenvalue weighted by atomic mass is 9.94. The Hall–Kier alpha value is -0.0800. The molecule has 0 fully saturated rings. The van der Waals surface area contributed by atoms with Crippen LogP contribution in [0.15, 0.2) is 0 Å². The summed E-state index contributed by atoms with van der Waals surface area (Å²) < 4.78 is 12.1. The van der Waals surface area contributed by atoms with E-state index in [2.05, 4.69) is 62.3 Å². The SMILES string of the molecule is CC(C)CC(C)(C)OC(C)(C)CCOC(C)(C)C. The van der Waals surface area contributed by atoms with E-state index in [9.17, 15) is 0 Å². The molecule has 0 rings (SSSR count). The topological polar surface area (TPSA) is 18.5 Å². The standard InChI is InChI=1S/C16H34O2/c1-13(2)12-16(8,9)18-15(6,7)10-11-17-14(3,4)5/h13H,10-12H2,1-9H3. The molecule has 0 saturated carbocycles. The molecule has 0 N–H and O–H groups in total. The molecular formula is C16H34O2. The Labute approximate surface area is 114 Å². The highest BCUT2D eigenvalue weighted by Gasteiger charge is 2.30. The van der Waals surface area contributed by atoms with Gasteiger partial charge in [-0.2, -0.15) is 0 Å². The molecule has 0 aromatic heterocycles. The van der Waals surface area contributed by atoms with Gasteiger partial charge in [0.1, 0.15) is 0 Å².